The van der Waals surface area contributed by atoms with Crippen molar-refractivity contribution in [2.45, 2.75) is 50.2 Å². The first kappa shape index (κ1) is 25.0. The lowest BCUT2D eigenvalue weighted by molar-refractivity contribution is -0.0613. The van der Waals surface area contributed by atoms with Gasteiger partial charge in [-0.05, 0) is 35.3 Å². The summed E-state index contributed by atoms with van der Waals surface area (Å²) in [6, 6.07) is 0. The summed E-state index contributed by atoms with van der Waals surface area (Å²) in [5.74, 6) is 0. The minimum absolute atomic E-state index is 0.0371. The maximum Gasteiger partial charge on any atom is 0.488 e. The molecule has 1 unspecified atom stereocenters. The lowest BCUT2D eigenvalue weighted by atomic mass is 10.1. The Morgan fingerprint density at radius 2 is 2.21 bits per heavy atom. The number of carbonyl (C=O) groups is 1. The summed E-state index contributed by atoms with van der Waals surface area (Å²) in [5.41, 5.74) is 6.19. The molecule has 4 N–H and O–H groups in total. The van der Waals surface area contributed by atoms with Crippen LogP contribution in [0, 0.1) is 0 Å². The van der Waals surface area contributed by atoms with E-state index in [0.29, 0.717) is 29.0 Å². The molecule has 2 radical (unpaired) electrons. The summed E-state index contributed by atoms with van der Waals surface area (Å²) in [5, 5.41) is 2.88. The van der Waals surface area contributed by atoms with Crippen LogP contribution >= 0.6 is 35.4 Å². The molecule has 0 spiro atoms. The van der Waals surface area contributed by atoms with Gasteiger partial charge in [0, 0.05) is 6.54 Å². The number of imidazole rings is 1. The first-order valence-corrected chi connectivity index (χ1v) is 13.2. The number of hydrogen-bond acceptors (Lipinski definition) is 10. The Kier molecular flexibility index (Phi) is 8.07. The molecular weight excluding hydrogens is 541 g/mol. The highest BCUT2D eigenvalue weighted by molar-refractivity contribution is 9.10. The van der Waals surface area contributed by atoms with E-state index in [4.69, 9.17) is 43.4 Å². The van der Waals surface area contributed by atoms with E-state index in [-0.39, 0.29) is 11.8 Å². The summed E-state index contributed by atoms with van der Waals surface area (Å²) < 4.78 is 24.4. The summed E-state index contributed by atoms with van der Waals surface area (Å²) >= 11 is 9.53. The molecule has 2 aliphatic heterocycles. The SMILES string of the molecule is [B][P+]1(O)OC[C@H]2O[C@H](n3c(Br)nc4c(Cl)ncnc43)[C@H](OC(=O)NCCCCCCN)[C@@H]2O1. The Morgan fingerprint density at radius 3 is 3.00 bits per heavy atom. The maximum absolute atomic E-state index is 12.6. The standard InChI is InChI=1S/C17H23BBrClN6O6P/c18-33(28)29-7-9-11(32-33)12(31-17(27)22-6-4-2-1-3-5-21)15(30-9)26-14-10(25-16(26)19)13(20)23-8-24-14/h8-9,11-12,15,28H,1-7,21H2,(H,22,27)/q+1/t9-,11-,12-,15+,33?/m1/s1. The first-order chi connectivity index (χ1) is 15.8. The van der Waals surface area contributed by atoms with Crippen LogP contribution in [0.1, 0.15) is 31.9 Å². The van der Waals surface area contributed by atoms with Gasteiger partial charge in [-0.25, -0.2) is 24.6 Å². The molecule has 4 heterocycles. The van der Waals surface area contributed by atoms with Gasteiger partial charge >= 0.3 is 21.5 Å². The third-order valence-electron chi connectivity index (χ3n) is 5.27. The zero-order valence-electron chi connectivity index (χ0n) is 17.5. The fourth-order valence-corrected chi connectivity index (χ4v) is 5.49. The molecule has 1 amide bonds. The molecule has 33 heavy (non-hydrogen) atoms. The van der Waals surface area contributed by atoms with Gasteiger partial charge in [0.15, 0.2) is 34.0 Å². The Balaban J connectivity index is 1.54. The van der Waals surface area contributed by atoms with Crippen molar-refractivity contribution in [2.24, 2.45) is 5.73 Å². The van der Waals surface area contributed by atoms with Crippen LogP contribution in [-0.4, -0.2) is 76.1 Å². The van der Waals surface area contributed by atoms with Crippen molar-refractivity contribution in [2.75, 3.05) is 19.7 Å². The molecule has 178 valence electrons. The fraction of sp³-hybridized carbons (Fsp3) is 0.647. The number of amides is 1. The third-order valence-corrected chi connectivity index (χ3v) is 7.17. The van der Waals surface area contributed by atoms with E-state index in [1.807, 2.05) is 0 Å². The molecule has 0 aliphatic carbocycles. The average Bonchev–Trinajstić information content (AvgIpc) is 3.27. The van der Waals surface area contributed by atoms with Gasteiger partial charge in [0.2, 0.25) is 0 Å². The molecule has 2 aliphatic rings. The van der Waals surface area contributed by atoms with Crippen LogP contribution in [0.3, 0.4) is 0 Å². The third kappa shape index (κ3) is 5.59. The predicted octanol–water partition coefficient (Wildman–Crippen LogP) is 2.01. The summed E-state index contributed by atoms with van der Waals surface area (Å²) in [4.78, 5) is 35.2. The number of nitrogens with two attached hydrogens (primary N) is 1. The molecule has 16 heteroatoms. The van der Waals surface area contributed by atoms with Gasteiger partial charge in [-0.3, -0.25) is 4.57 Å². The number of alkyl carbamates (subject to hydrolysis) is 1. The smallest absolute Gasteiger partial charge is 0.438 e. The van der Waals surface area contributed by atoms with E-state index >= 15 is 0 Å². The largest absolute Gasteiger partial charge is 0.488 e. The topological polar surface area (TPSA) is 156 Å². The fourth-order valence-electron chi connectivity index (χ4n) is 3.75. The Morgan fingerprint density at radius 1 is 1.42 bits per heavy atom. The first-order valence-electron chi connectivity index (χ1n) is 10.4. The van der Waals surface area contributed by atoms with E-state index in [0.717, 1.165) is 25.7 Å². The van der Waals surface area contributed by atoms with Gasteiger partial charge in [0.05, 0.1) is 0 Å². The molecule has 12 nitrogen and oxygen atoms in total. The molecule has 5 atom stereocenters. The highest BCUT2D eigenvalue weighted by Gasteiger charge is 2.59. The van der Waals surface area contributed by atoms with Gasteiger partial charge in [-0.15, -0.1) is 0 Å². The van der Waals surface area contributed by atoms with Gasteiger partial charge < -0.3 is 20.5 Å². The van der Waals surface area contributed by atoms with Crippen molar-refractivity contribution in [3.05, 3.63) is 16.2 Å². The van der Waals surface area contributed by atoms with E-state index in [1.54, 1.807) is 4.57 Å². The van der Waals surface area contributed by atoms with Crippen molar-refractivity contribution in [1.82, 2.24) is 24.8 Å². The lowest BCUT2D eigenvalue weighted by Crippen LogP contribution is -2.44. The summed E-state index contributed by atoms with van der Waals surface area (Å²) in [7, 11) is 2.12. The maximum atomic E-state index is 12.6. The highest BCUT2D eigenvalue weighted by atomic mass is 79.9. The number of ether oxygens (including phenoxy) is 2. The van der Waals surface area contributed by atoms with Crippen molar-refractivity contribution in [3.63, 3.8) is 0 Å². The van der Waals surface area contributed by atoms with Crippen LogP contribution in [0.5, 0.6) is 0 Å². The number of halogens is 2. The van der Waals surface area contributed by atoms with Crippen LogP contribution in [-0.2, 0) is 18.5 Å². The minimum Gasteiger partial charge on any atom is -0.438 e. The number of aromatic nitrogens is 4. The molecule has 2 aromatic heterocycles. The Hall–Kier alpha value is -1.12. The molecule has 2 aromatic rings. The number of nitrogens with zero attached hydrogens (tertiary/aromatic N) is 4. The normalized spacial score (nSPS) is 29.2. The Bertz CT molecular complexity index is 1000. The monoisotopic (exact) mass is 563 g/mol. The number of fused-ring (bicyclic) bond motifs is 2. The zero-order chi connectivity index (χ0) is 23.6. The van der Waals surface area contributed by atoms with Crippen LogP contribution in [0.15, 0.2) is 11.1 Å². The molecule has 2 saturated heterocycles. The van der Waals surface area contributed by atoms with Crippen LogP contribution in [0.25, 0.3) is 11.2 Å². The number of unbranched alkanes of at least 4 members (excludes halogenated alkanes) is 3. The molecule has 0 saturated carbocycles. The van der Waals surface area contributed by atoms with Gasteiger partial charge in [-0.1, -0.05) is 24.4 Å². The quantitative estimate of drug-likeness (QED) is 0.143. The number of nitrogens with one attached hydrogen (secondary N) is 1. The van der Waals surface area contributed by atoms with E-state index in [2.05, 4.69) is 36.2 Å². The van der Waals surface area contributed by atoms with E-state index in [9.17, 15) is 9.69 Å². The van der Waals surface area contributed by atoms with Crippen molar-refractivity contribution < 1.29 is 28.2 Å². The zero-order valence-corrected chi connectivity index (χ0v) is 20.7. The van der Waals surface area contributed by atoms with Crippen LogP contribution < -0.4 is 11.1 Å². The number of carbonyl (C=O) groups excluding carboxylic acids is 1. The minimum atomic E-state index is -3.58. The van der Waals surface area contributed by atoms with Crippen LogP contribution in [0.4, 0.5) is 4.79 Å². The second-order valence-electron chi connectivity index (χ2n) is 7.58. The molecule has 0 aromatic carbocycles. The Labute approximate surface area is 204 Å². The molecule has 0 bridgehead atoms. The second-order valence-corrected chi connectivity index (χ2v) is 10.2. The van der Waals surface area contributed by atoms with Gasteiger partial charge in [-0.2, -0.15) is 9.05 Å². The van der Waals surface area contributed by atoms with E-state index < -0.39 is 38.5 Å². The molecule has 2 fully saturated rings. The highest BCUT2D eigenvalue weighted by Crippen LogP contribution is 2.59. The molecule has 4 rings (SSSR count). The summed E-state index contributed by atoms with van der Waals surface area (Å²) in [6.45, 7) is 1.05. The summed E-state index contributed by atoms with van der Waals surface area (Å²) in [6.07, 6.45) is 0.863. The van der Waals surface area contributed by atoms with Crippen molar-refractivity contribution in [3.8, 4) is 0 Å². The van der Waals surface area contributed by atoms with Crippen LogP contribution in [0.2, 0.25) is 5.15 Å². The van der Waals surface area contributed by atoms with E-state index in [1.165, 1.54) is 6.33 Å². The second kappa shape index (κ2) is 10.7. The lowest BCUT2D eigenvalue weighted by Gasteiger charge is -2.29. The predicted molar refractivity (Wildman–Crippen MR) is 123 cm³/mol. The molecular formula is C17H23BBrClN6O6P+. The average molecular weight is 565 g/mol. The number of rotatable bonds is 8. The van der Waals surface area contributed by atoms with Gasteiger partial charge in [0.25, 0.3) is 0 Å². The van der Waals surface area contributed by atoms with Crippen molar-refractivity contribution in [1.29, 1.82) is 0 Å². The number of hydrogen-bond donors (Lipinski definition) is 3. The van der Waals surface area contributed by atoms with Crippen molar-refractivity contribution >= 4 is 60.2 Å². The van der Waals surface area contributed by atoms with Gasteiger partial charge in [0.1, 0.15) is 24.6 Å².